The molecular weight excluding hydrogens is 260 g/mol. The van der Waals surface area contributed by atoms with Gasteiger partial charge in [-0.3, -0.25) is 4.79 Å². The zero-order chi connectivity index (χ0) is 13.7. The van der Waals surface area contributed by atoms with E-state index in [4.69, 9.17) is 11.0 Å². The van der Waals surface area contributed by atoms with Gasteiger partial charge in [-0.15, -0.1) is 11.3 Å². The molecule has 1 heterocycles. The highest BCUT2D eigenvalue weighted by Gasteiger charge is 2.15. The summed E-state index contributed by atoms with van der Waals surface area (Å²) < 4.78 is 0. The van der Waals surface area contributed by atoms with Crippen molar-refractivity contribution in [2.75, 3.05) is 13.1 Å². The number of aromatic nitrogens is 1. The Labute approximate surface area is 114 Å². The summed E-state index contributed by atoms with van der Waals surface area (Å²) in [5, 5.41) is 11.6. The second-order valence-corrected chi connectivity index (χ2v) is 4.62. The SMILES string of the molecule is N#Cc1cccc(-c2scnc2C(=O)NCCN)c1. The Bertz CT molecular complexity index is 630. The lowest BCUT2D eigenvalue weighted by atomic mass is 10.1. The van der Waals surface area contributed by atoms with Gasteiger partial charge in [-0.1, -0.05) is 12.1 Å². The number of rotatable bonds is 4. The second kappa shape index (κ2) is 6.09. The summed E-state index contributed by atoms with van der Waals surface area (Å²) in [6.45, 7) is 0.795. The summed E-state index contributed by atoms with van der Waals surface area (Å²) in [7, 11) is 0. The van der Waals surface area contributed by atoms with E-state index in [1.165, 1.54) is 11.3 Å². The topological polar surface area (TPSA) is 91.8 Å². The van der Waals surface area contributed by atoms with E-state index in [0.29, 0.717) is 24.3 Å². The lowest BCUT2D eigenvalue weighted by Gasteiger charge is -2.04. The summed E-state index contributed by atoms with van der Waals surface area (Å²) in [4.78, 5) is 16.8. The quantitative estimate of drug-likeness (QED) is 0.879. The Balaban J connectivity index is 2.33. The van der Waals surface area contributed by atoms with Crippen LogP contribution in [0.25, 0.3) is 10.4 Å². The van der Waals surface area contributed by atoms with Crippen LogP contribution in [0, 0.1) is 11.3 Å². The van der Waals surface area contributed by atoms with Gasteiger partial charge in [-0.25, -0.2) is 4.98 Å². The molecule has 0 unspecified atom stereocenters. The Hall–Kier alpha value is -2.23. The number of amides is 1. The molecule has 1 aromatic carbocycles. The zero-order valence-corrected chi connectivity index (χ0v) is 10.9. The van der Waals surface area contributed by atoms with Crippen LogP contribution in [-0.4, -0.2) is 24.0 Å². The third-order valence-electron chi connectivity index (χ3n) is 2.47. The number of benzene rings is 1. The van der Waals surface area contributed by atoms with E-state index >= 15 is 0 Å². The van der Waals surface area contributed by atoms with Crippen molar-refractivity contribution in [3.8, 4) is 16.5 Å². The van der Waals surface area contributed by atoms with Gasteiger partial charge in [0.1, 0.15) is 5.69 Å². The smallest absolute Gasteiger partial charge is 0.271 e. The maximum atomic E-state index is 11.9. The average Bonchev–Trinajstić information content (AvgIpc) is 2.94. The normalized spacial score (nSPS) is 9.89. The molecule has 5 nitrogen and oxygen atoms in total. The van der Waals surface area contributed by atoms with Crippen LogP contribution in [0.2, 0.25) is 0 Å². The Morgan fingerprint density at radius 2 is 2.37 bits per heavy atom. The van der Waals surface area contributed by atoms with Crippen molar-refractivity contribution in [2.45, 2.75) is 0 Å². The molecule has 0 aliphatic carbocycles. The van der Waals surface area contributed by atoms with Crippen molar-refractivity contribution < 1.29 is 4.79 Å². The number of nitriles is 1. The number of carbonyl (C=O) groups excluding carboxylic acids is 1. The number of nitrogens with one attached hydrogen (secondary N) is 1. The van der Waals surface area contributed by atoms with E-state index < -0.39 is 0 Å². The third-order valence-corrected chi connectivity index (χ3v) is 3.34. The van der Waals surface area contributed by atoms with Crippen molar-refractivity contribution >= 4 is 17.2 Å². The molecule has 1 aromatic heterocycles. The van der Waals surface area contributed by atoms with Crippen LogP contribution in [0.4, 0.5) is 0 Å². The number of nitrogens with two attached hydrogens (primary N) is 1. The van der Waals surface area contributed by atoms with Crippen LogP contribution in [0.3, 0.4) is 0 Å². The maximum absolute atomic E-state index is 11.9. The molecule has 6 heteroatoms. The van der Waals surface area contributed by atoms with E-state index in [9.17, 15) is 4.79 Å². The monoisotopic (exact) mass is 272 g/mol. The van der Waals surface area contributed by atoms with Gasteiger partial charge in [0.05, 0.1) is 22.0 Å². The molecule has 0 fully saturated rings. The molecule has 2 rings (SSSR count). The zero-order valence-electron chi connectivity index (χ0n) is 10.1. The molecule has 19 heavy (non-hydrogen) atoms. The standard InChI is InChI=1S/C13H12N4OS/c14-4-5-16-13(18)11-12(19-8-17-11)10-3-1-2-9(6-10)7-15/h1-3,6,8H,4-5,14H2,(H,16,18). The molecule has 2 aromatic rings. The predicted molar refractivity (Wildman–Crippen MR) is 73.7 cm³/mol. The van der Waals surface area contributed by atoms with Gasteiger partial charge in [0.2, 0.25) is 0 Å². The molecule has 0 radical (unpaired) electrons. The van der Waals surface area contributed by atoms with Gasteiger partial charge in [-0.2, -0.15) is 5.26 Å². The lowest BCUT2D eigenvalue weighted by molar-refractivity contribution is 0.0951. The van der Waals surface area contributed by atoms with Crippen molar-refractivity contribution in [3.63, 3.8) is 0 Å². The first kappa shape index (κ1) is 13.2. The largest absolute Gasteiger partial charge is 0.349 e. The van der Waals surface area contributed by atoms with Crippen LogP contribution in [0.15, 0.2) is 29.8 Å². The Morgan fingerprint density at radius 3 is 3.11 bits per heavy atom. The molecule has 0 saturated carbocycles. The molecule has 96 valence electrons. The van der Waals surface area contributed by atoms with Crippen LogP contribution in [0.5, 0.6) is 0 Å². The summed E-state index contributed by atoms with van der Waals surface area (Å²) in [5.74, 6) is -0.246. The van der Waals surface area contributed by atoms with Crippen molar-refractivity contribution in [1.29, 1.82) is 5.26 Å². The van der Waals surface area contributed by atoms with Crippen molar-refractivity contribution in [3.05, 3.63) is 41.0 Å². The van der Waals surface area contributed by atoms with Gasteiger partial charge >= 0.3 is 0 Å². The van der Waals surface area contributed by atoms with Crippen LogP contribution >= 0.6 is 11.3 Å². The summed E-state index contributed by atoms with van der Waals surface area (Å²) in [6.07, 6.45) is 0. The highest BCUT2D eigenvalue weighted by atomic mass is 32.1. The fraction of sp³-hybridized carbons (Fsp3) is 0.154. The van der Waals surface area contributed by atoms with Gasteiger partial charge < -0.3 is 11.1 Å². The van der Waals surface area contributed by atoms with Crippen molar-refractivity contribution in [2.24, 2.45) is 5.73 Å². The van der Waals surface area contributed by atoms with Crippen molar-refractivity contribution in [1.82, 2.24) is 10.3 Å². The van der Waals surface area contributed by atoms with Gasteiger partial charge in [0, 0.05) is 13.1 Å². The molecule has 0 saturated heterocycles. The molecule has 0 aliphatic heterocycles. The number of nitrogens with zero attached hydrogens (tertiary/aromatic N) is 2. The van der Waals surface area contributed by atoms with E-state index in [1.54, 1.807) is 23.7 Å². The van der Waals surface area contributed by atoms with Crippen LogP contribution in [0.1, 0.15) is 16.1 Å². The third kappa shape index (κ3) is 2.96. The second-order valence-electron chi connectivity index (χ2n) is 3.77. The van der Waals surface area contributed by atoms with E-state index in [2.05, 4.69) is 16.4 Å². The Morgan fingerprint density at radius 1 is 1.53 bits per heavy atom. The average molecular weight is 272 g/mol. The highest BCUT2D eigenvalue weighted by Crippen LogP contribution is 2.28. The van der Waals surface area contributed by atoms with Crippen LogP contribution < -0.4 is 11.1 Å². The lowest BCUT2D eigenvalue weighted by Crippen LogP contribution is -2.29. The van der Waals surface area contributed by atoms with E-state index in [0.717, 1.165) is 10.4 Å². The molecule has 1 amide bonds. The molecular formula is C13H12N4OS. The van der Waals surface area contributed by atoms with E-state index in [1.807, 2.05) is 6.07 Å². The maximum Gasteiger partial charge on any atom is 0.271 e. The Kier molecular flexibility index (Phi) is 4.23. The highest BCUT2D eigenvalue weighted by molar-refractivity contribution is 7.13. The molecule has 0 aliphatic rings. The number of thiazole rings is 1. The van der Waals surface area contributed by atoms with E-state index in [-0.39, 0.29) is 5.91 Å². The van der Waals surface area contributed by atoms with Crippen LogP contribution in [-0.2, 0) is 0 Å². The molecule has 0 bridgehead atoms. The predicted octanol–water partition coefficient (Wildman–Crippen LogP) is 1.37. The van der Waals surface area contributed by atoms with Gasteiger partial charge in [0.15, 0.2) is 0 Å². The summed E-state index contributed by atoms with van der Waals surface area (Å²) in [5.41, 5.74) is 8.71. The minimum Gasteiger partial charge on any atom is -0.349 e. The number of carbonyl (C=O) groups is 1. The minimum atomic E-state index is -0.246. The molecule has 3 N–H and O–H groups in total. The first-order chi connectivity index (χ1) is 9.26. The first-order valence-corrected chi connectivity index (χ1v) is 6.56. The van der Waals surface area contributed by atoms with Gasteiger partial charge in [0.25, 0.3) is 5.91 Å². The van der Waals surface area contributed by atoms with Gasteiger partial charge in [-0.05, 0) is 17.7 Å². The molecule has 0 atom stereocenters. The molecule has 0 spiro atoms. The summed E-state index contributed by atoms with van der Waals surface area (Å²) >= 11 is 1.37. The summed E-state index contributed by atoms with van der Waals surface area (Å²) in [6, 6.07) is 9.19. The fourth-order valence-corrected chi connectivity index (χ4v) is 2.40. The fourth-order valence-electron chi connectivity index (χ4n) is 1.61. The first-order valence-electron chi connectivity index (χ1n) is 5.68. The number of hydrogen-bond acceptors (Lipinski definition) is 5. The minimum absolute atomic E-state index is 0.246. The number of hydrogen-bond donors (Lipinski definition) is 2.